The number of aliphatic hydroxyl groups is 1. The molecule has 4 aliphatic rings. The zero-order chi connectivity index (χ0) is 11.7. The van der Waals surface area contributed by atoms with Gasteiger partial charge in [-0.1, -0.05) is 32.4 Å². The molecule has 1 nitrogen and oxygen atoms in total. The second-order valence-electron chi connectivity index (χ2n) is 6.87. The minimum atomic E-state index is -0.0662. The van der Waals surface area contributed by atoms with E-state index >= 15 is 0 Å². The minimum absolute atomic E-state index is 0.0662. The number of hydrogen-bond acceptors (Lipinski definition) is 1. The summed E-state index contributed by atoms with van der Waals surface area (Å²) in [7, 11) is 0. The standard InChI is InChI=1S/C15H24O/c1-8(2)10-7-12(16)15(4)11-6-5-9(3)14(15)13(10)11/h5,8,10-14,16H,6-7H2,1-4H3/t10-,11?,12-,13?,14-,15?/m0/s1. The molecule has 4 rings (SSSR count). The summed E-state index contributed by atoms with van der Waals surface area (Å²) in [6, 6.07) is 0. The smallest absolute Gasteiger partial charge is 0.0605 e. The van der Waals surface area contributed by atoms with E-state index in [9.17, 15) is 5.11 Å². The second-order valence-corrected chi connectivity index (χ2v) is 6.87. The van der Waals surface area contributed by atoms with Gasteiger partial charge in [-0.3, -0.25) is 0 Å². The Bertz CT molecular complexity index is 343. The fourth-order valence-corrected chi connectivity index (χ4v) is 5.20. The first-order valence-electron chi connectivity index (χ1n) is 6.82. The van der Waals surface area contributed by atoms with Gasteiger partial charge in [0.25, 0.3) is 0 Å². The van der Waals surface area contributed by atoms with Crippen molar-refractivity contribution in [2.45, 2.75) is 46.6 Å². The van der Waals surface area contributed by atoms with Crippen LogP contribution in [0.2, 0.25) is 0 Å². The summed E-state index contributed by atoms with van der Waals surface area (Å²) in [4.78, 5) is 0. The van der Waals surface area contributed by atoms with Gasteiger partial charge in [0.2, 0.25) is 0 Å². The molecule has 0 radical (unpaired) electrons. The van der Waals surface area contributed by atoms with Crippen molar-refractivity contribution >= 4 is 0 Å². The summed E-state index contributed by atoms with van der Waals surface area (Å²) >= 11 is 0. The SMILES string of the molecule is CC1=CCC2C3[C@H](C(C)C)C[C@H](O)C2(C)[C@@H]13. The maximum absolute atomic E-state index is 10.5. The molecule has 4 aliphatic carbocycles. The van der Waals surface area contributed by atoms with Crippen molar-refractivity contribution in [2.24, 2.45) is 35.0 Å². The summed E-state index contributed by atoms with van der Waals surface area (Å²) in [5.41, 5.74) is 1.77. The van der Waals surface area contributed by atoms with Crippen LogP contribution in [0.15, 0.2) is 11.6 Å². The van der Waals surface area contributed by atoms with Gasteiger partial charge in [0.15, 0.2) is 0 Å². The molecule has 0 amide bonds. The Balaban J connectivity index is 2.00. The number of hydrogen-bond donors (Lipinski definition) is 1. The highest BCUT2D eigenvalue weighted by atomic mass is 16.3. The predicted octanol–water partition coefficient (Wildman–Crippen LogP) is 3.24. The normalized spacial score (nSPS) is 54.6. The quantitative estimate of drug-likeness (QED) is 0.673. The number of allylic oxidation sites excluding steroid dienone is 2. The molecule has 16 heavy (non-hydrogen) atoms. The molecule has 0 spiro atoms. The van der Waals surface area contributed by atoms with Crippen LogP contribution in [0.3, 0.4) is 0 Å². The van der Waals surface area contributed by atoms with E-state index < -0.39 is 0 Å². The molecule has 6 atom stereocenters. The number of aliphatic hydroxyl groups excluding tert-OH is 1. The van der Waals surface area contributed by atoms with Gasteiger partial charge in [-0.25, -0.2) is 0 Å². The summed E-state index contributed by atoms with van der Waals surface area (Å²) in [6.07, 6.45) is 4.61. The van der Waals surface area contributed by atoms with Crippen molar-refractivity contribution in [3.8, 4) is 0 Å². The second kappa shape index (κ2) is 3.13. The molecular formula is C15H24O. The van der Waals surface area contributed by atoms with Gasteiger partial charge in [-0.15, -0.1) is 0 Å². The lowest BCUT2D eigenvalue weighted by Gasteiger charge is -2.71. The fraction of sp³-hybridized carbons (Fsp3) is 0.867. The largest absolute Gasteiger partial charge is 0.393 e. The van der Waals surface area contributed by atoms with Crippen molar-refractivity contribution in [3.63, 3.8) is 0 Å². The van der Waals surface area contributed by atoms with Crippen LogP contribution in [-0.2, 0) is 0 Å². The van der Waals surface area contributed by atoms with E-state index in [1.54, 1.807) is 5.57 Å². The van der Waals surface area contributed by atoms with Crippen LogP contribution >= 0.6 is 0 Å². The lowest BCUT2D eigenvalue weighted by Crippen LogP contribution is -2.69. The van der Waals surface area contributed by atoms with Crippen molar-refractivity contribution < 1.29 is 5.11 Å². The Hall–Kier alpha value is -0.300. The van der Waals surface area contributed by atoms with Gasteiger partial charge in [0.1, 0.15) is 0 Å². The highest BCUT2D eigenvalue weighted by Crippen LogP contribution is 2.71. The zero-order valence-corrected chi connectivity index (χ0v) is 10.9. The summed E-state index contributed by atoms with van der Waals surface area (Å²) in [6.45, 7) is 9.26. The van der Waals surface area contributed by atoms with Gasteiger partial charge in [0, 0.05) is 5.41 Å². The average Bonchev–Trinajstić information content (AvgIpc) is 2.21. The van der Waals surface area contributed by atoms with Gasteiger partial charge in [-0.2, -0.15) is 0 Å². The van der Waals surface area contributed by atoms with Crippen LogP contribution in [-0.4, -0.2) is 11.2 Å². The predicted molar refractivity (Wildman–Crippen MR) is 65.9 cm³/mol. The molecule has 0 aromatic rings. The maximum atomic E-state index is 10.5. The van der Waals surface area contributed by atoms with Gasteiger partial charge < -0.3 is 5.11 Å². The lowest BCUT2D eigenvalue weighted by atomic mass is 9.34. The molecule has 0 aliphatic heterocycles. The monoisotopic (exact) mass is 220 g/mol. The maximum Gasteiger partial charge on any atom is 0.0605 e. The van der Waals surface area contributed by atoms with Crippen molar-refractivity contribution in [2.75, 3.05) is 0 Å². The van der Waals surface area contributed by atoms with Crippen LogP contribution in [0.25, 0.3) is 0 Å². The third-order valence-electron chi connectivity index (χ3n) is 6.07. The molecule has 0 aromatic heterocycles. The van der Waals surface area contributed by atoms with Crippen molar-refractivity contribution in [1.82, 2.24) is 0 Å². The molecule has 3 unspecified atom stereocenters. The fourth-order valence-electron chi connectivity index (χ4n) is 5.20. The Morgan fingerprint density at radius 1 is 1.44 bits per heavy atom. The molecule has 4 bridgehead atoms. The van der Waals surface area contributed by atoms with Crippen LogP contribution in [0.4, 0.5) is 0 Å². The molecule has 2 saturated carbocycles. The first-order valence-corrected chi connectivity index (χ1v) is 6.82. The van der Waals surface area contributed by atoms with E-state index in [1.807, 2.05) is 0 Å². The number of fused-ring (bicyclic) bond motifs is 1. The zero-order valence-electron chi connectivity index (χ0n) is 10.9. The van der Waals surface area contributed by atoms with E-state index in [0.29, 0.717) is 5.92 Å². The van der Waals surface area contributed by atoms with Crippen molar-refractivity contribution in [3.05, 3.63) is 11.6 Å². The van der Waals surface area contributed by atoms with Crippen LogP contribution in [0.5, 0.6) is 0 Å². The average molecular weight is 220 g/mol. The molecule has 0 saturated heterocycles. The summed E-state index contributed by atoms with van der Waals surface area (Å²) in [5, 5.41) is 10.5. The molecule has 90 valence electrons. The van der Waals surface area contributed by atoms with E-state index in [4.69, 9.17) is 0 Å². The highest BCUT2D eigenvalue weighted by molar-refractivity contribution is 5.30. The molecule has 2 fully saturated rings. The molecular weight excluding hydrogens is 196 g/mol. The molecule has 1 N–H and O–H groups in total. The van der Waals surface area contributed by atoms with Gasteiger partial charge >= 0.3 is 0 Å². The third-order valence-corrected chi connectivity index (χ3v) is 6.07. The Kier molecular flexibility index (Phi) is 2.12. The summed E-state index contributed by atoms with van der Waals surface area (Å²) < 4.78 is 0. The highest BCUT2D eigenvalue weighted by Gasteiger charge is 2.68. The Labute approximate surface area is 98.9 Å². The van der Waals surface area contributed by atoms with E-state index in [2.05, 4.69) is 33.8 Å². The van der Waals surface area contributed by atoms with Crippen LogP contribution in [0, 0.1) is 35.0 Å². The Morgan fingerprint density at radius 2 is 2.12 bits per heavy atom. The van der Waals surface area contributed by atoms with Crippen LogP contribution in [0.1, 0.15) is 40.5 Å². The van der Waals surface area contributed by atoms with Gasteiger partial charge in [0.05, 0.1) is 6.10 Å². The molecule has 0 aromatic carbocycles. The van der Waals surface area contributed by atoms with Crippen LogP contribution < -0.4 is 0 Å². The first kappa shape index (κ1) is 10.8. The number of rotatable bonds is 1. The third kappa shape index (κ3) is 1.01. The minimum Gasteiger partial charge on any atom is -0.393 e. The Morgan fingerprint density at radius 3 is 2.69 bits per heavy atom. The van der Waals surface area contributed by atoms with Crippen molar-refractivity contribution in [1.29, 1.82) is 0 Å². The first-order chi connectivity index (χ1) is 7.48. The van der Waals surface area contributed by atoms with Gasteiger partial charge in [-0.05, 0) is 49.4 Å². The topological polar surface area (TPSA) is 20.2 Å². The van der Waals surface area contributed by atoms with E-state index in [-0.39, 0.29) is 11.5 Å². The molecule has 1 heteroatoms. The lowest BCUT2D eigenvalue weighted by molar-refractivity contribution is -0.241. The van der Waals surface area contributed by atoms with E-state index in [0.717, 1.165) is 30.1 Å². The van der Waals surface area contributed by atoms with E-state index in [1.165, 1.54) is 6.42 Å². The molecule has 0 heterocycles. The summed E-state index contributed by atoms with van der Waals surface area (Å²) in [5.74, 6) is 3.79.